The van der Waals surface area contributed by atoms with Crippen LogP contribution in [0.4, 0.5) is 4.39 Å². The largest absolute Gasteiger partial charge is 0.261 e. The van der Waals surface area contributed by atoms with Gasteiger partial charge in [0.2, 0.25) is 0 Å². The molecule has 1 atom stereocenters. The zero-order chi connectivity index (χ0) is 10.9. The predicted molar refractivity (Wildman–Crippen MR) is 56.8 cm³/mol. The lowest BCUT2D eigenvalue weighted by Crippen LogP contribution is -1.96. The fourth-order valence-electron chi connectivity index (χ4n) is 0.978. The smallest absolute Gasteiger partial charge is 0.207 e. The maximum absolute atomic E-state index is 13.1. The maximum atomic E-state index is 13.1. The fourth-order valence-corrected chi connectivity index (χ4v) is 2.12. The van der Waals surface area contributed by atoms with E-state index in [1.165, 1.54) is 6.07 Å². The highest BCUT2D eigenvalue weighted by molar-refractivity contribution is 9.09. The highest BCUT2D eigenvalue weighted by atomic mass is 79.9. The number of rotatable bonds is 2. The lowest BCUT2D eigenvalue weighted by molar-refractivity contribution is 0.602. The Morgan fingerprint density at radius 3 is 2.50 bits per heavy atom. The number of benzene rings is 1. The van der Waals surface area contributed by atoms with Gasteiger partial charge in [-0.3, -0.25) is 0 Å². The molecule has 0 aliphatic rings. The molecule has 1 rings (SSSR count). The molecule has 0 heterocycles. The Morgan fingerprint density at radius 2 is 2.07 bits per heavy atom. The van der Waals surface area contributed by atoms with Gasteiger partial charge in [-0.05, 0) is 25.1 Å². The molecule has 0 aliphatic heterocycles. The number of halogens is 3. The highest BCUT2D eigenvalue weighted by Gasteiger charge is 2.15. The van der Waals surface area contributed by atoms with Crippen molar-refractivity contribution in [2.45, 2.75) is 16.6 Å². The highest BCUT2D eigenvalue weighted by Crippen LogP contribution is 2.27. The van der Waals surface area contributed by atoms with Crippen molar-refractivity contribution >= 4 is 35.7 Å². The summed E-state index contributed by atoms with van der Waals surface area (Å²) in [5.41, 5.74) is 0.270. The minimum Gasteiger partial charge on any atom is -0.207 e. The average molecular weight is 302 g/mol. The summed E-state index contributed by atoms with van der Waals surface area (Å²) < 4.78 is 35.0. The van der Waals surface area contributed by atoms with Gasteiger partial charge in [-0.25, -0.2) is 12.8 Å². The van der Waals surface area contributed by atoms with Crippen molar-refractivity contribution in [1.29, 1.82) is 0 Å². The Bertz CT molecular complexity index is 445. The summed E-state index contributed by atoms with van der Waals surface area (Å²) in [4.78, 5) is -0.359. The van der Waals surface area contributed by atoms with Crippen LogP contribution in [0.15, 0.2) is 23.1 Å². The minimum atomic E-state index is -3.79. The third-order valence-electron chi connectivity index (χ3n) is 1.68. The van der Waals surface area contributed by atoms with E-state index in [-0.39, 0.29) is 15.3 Å². The molecule has 0 spiro atoms. The van der Waals surface area contributed by atoms with E-state index in [1.807, 2.05) is 0 Å². The van der Waals surface area contributed by atoms with Crippen molar-refractivity contribution in [3.63, 3.8) is 0 Å². The summed E-state index contributed by atoms with van der Waals surface area (Å²) in [5, 5.41) is 0. The molecular weight excluding hydrogens is 295 g/mol. The Labute approximate surface area is 94.6 Å². The quantitative estimate of drug-likeness (QED) is 0.621. The van der Waals surface area contributed by atoms with Gasteiger partial charge in [0.05, 0.1) is 4.90 Å². The van der Waals surface area contributed by atoms with Gasteiger partial charge >= 0.3 is 0 Å². The molecule has 0 bridgehead atoms. The first kappa shape index (κ1) is 11.9. The van der Waals surface area contributed by atoms with E-state index in [2.05, 4.69) is 15.9 Å². The summed E-state index contributed by atoms with van der Waals surface area (Å²) >= 11 is 3.16. The Kier molecular flexibility index (Phi) is 3.55. The summed E-state index contributed by atoms with van der Waals surface area (Å²) in [5.74, 6) is -0.460. The van der Waals surface area contributed by atoms with E-state index >= 15 is 0 Å². The lowest BCUT2D eigenvalue weighted by atomic mass is 10.1. The van der Waals surface area contributed by atoms with Crippen LogP contribution in [0, 0.1) is 5.82 Å². The SMILES string of the molecule is CC(Br)c1cc(S(=O)(=O)Cl)ccc1F. The van der Waals surface area contributed by atoms with Gasteiger partial charge in [0, 0.05) is 21.1 Å². The molecular formula is C8H7BrClFO2S. The van der Waals surface area contributed by atoms with Gasteiger partial charge in [-0.2, -0.15) is 0 Å². The molecule has 1 aromatic rings. The minimum absolute atomic E-state index is 0.0955. The summed E-state index contributed by atoms with van der Waals surface area (Å²) in [6, 6.07) is 3.44. The van der Waals surface area contributed by atoms with E-state index in [1.54, 1.807) is 6.92 Å². The van der Waals surface area contributed by atoms with Crippen molar-refractivity contribution in [3.8, 4) is 0 Å². The van der Waals surface area contributed by atoms with Crippen molar-refractivity contribution in [2.24, 2.45) is 0 Å². The average Bonchev–Trinajstić information content (AvgIpc) is 2.02. The van der Waals surface area contributed by atoms with Crippen LogP contribution in [0.2, 0.25) is 0 Å². The molecule has 0 radical (unpaired) electrons. The Morgan fingerprint density at radius 1 is 1.50 bits per heavy atom. The molecule has 0 saturated carbocycles. The van der Waals surface area contributed by atoms with Crippen LogP contribution in [0.1, 0.15) is 17.3 Å². The van der Waals surface area contributed by atoms with Crippen LogP contribution in [0.25, 0.3) is 0 Å². The van der Waals surface area contributed by atoms with Gasteiger partial charge in [0.15, 0.2) is 0 Å². The van der Waals surface area contributed by atoms with Crippen molar-refractivity contribution < 1.29 is 12.8 Å². The van der Waals surface area contributed by atoms with Gasteiger partial charge in [-0.1, -0.05) is 15.9 Å². The van der Waals surface area contributed by atoms with Crippen LogP contribution >= 0.6 is 26.6 Å². The zero-order valence-corrected chi connectivity index (χ0v) is 10.3. The molecule has 78 valence electrons. The molecule has 2 nitrogen and oxygen atoms in total. The second kappa shape index (κ2) is 4.16. The normalized spacial score (nSPS) is 14.0. The van der Waals surface area contributed by atoms with Gasteiger partial charge in [0.1, 0.15) is 5.82 Å². The summed E-state index contributed by atoms with van der Waals surface area (Å²) in [6.07, 6.45) is 0. The molecule has 1 unspecified atom stereocenters. The van der Waals surface area contributed by atoms with Crippen molar-refractivity contribution in [1.82, 2.24) is 0 Å². The van der Waals surface area contributed by atoms with Crippen LogP contribution < -0.4 is 0 Å². The van der Waals surface area contributed by atoms with Gasteiger partial charge in [-0.15, -0.1) is 0 Å². The summed E-state index contributed by atoms with van der Waals surface area (Å²) in [6.45, 7) is 1.70. The third-order valence-corrected chi connectivity index (χ3v) is 3.52. The maximum Gasteiger partial charge on any atom is 0.261 e. The van der Waals surface area contributed by atoms with Crippen molar-refractivity contribution in [3.05, 3.63) is 29.6 Å². The van der Waals surface area contributed by atoms with E-state index in [4.69, 9.17) is 10.7 Å². The van der Waals surface area contributed by atoms with Crippen molar-refractivity contribution in [2.75, 3.05) is 0 Å². The summed E-state index contributed by atoms with van der Waals surface area (Å²) in [7, 11) is 1.33. The monoisotopic (exact) mass is 300 g/mol. The second-order valence-electron chi connectivity index (χ2n) is 2.74. The standard InChI is InChI=1S/C8H7BrClFO2S/c1-5(9)7-4-6(14(10,12)13)2-3-8(7)11/h2-5H,1H3. The fraction of sp³-hybridized carbons (Fsp3) is 0.250. The topological polar surface area (TPSA) is 34.1 Å². The molecule has 0 aromatic heterocycles. The van der Waals surface area contributed by atoms with Crippen LogP contribution in [0.5, 0.6) is 0 Å². The lowest BCUT2D eigenvalue weighted by Gasteiger charge is -2.06. The van der Waals surface area contributed by atoms with Crippen LogP contribution in [-0.2, 0) is 9.05 Å². The first-order valence-electron chi connectivity index (χ1n) is 3.70. The zero-order valence-electron chi connectivity index (χ0n) is 7.17. The molecule has 6 heteroatoms. The predicted octanol–water partition coefficient (Wildman–Crippen LogP) is 3.21. The molecule has 0 N–H and O–H groups in total. The number of hydrogen-bond acceptors (Lipinski definition) is 2. The molecule has 0 saturated heterocycles. The number of alkyl halides is 1. The number of hydrogen-bond donors (Lipinski definition) is 0. The van der Waals surface area contributed by atoms with E-state index in [9.17, 15) is 12.8 Å². The molecule has 0 fully saturated rings. The van der Waals surface area contributed by atoms with E-state index < -0.39 is 14.9 Å². The molecule has 14 heavy (non-hydrogen) atoms. The molecule has 1 aromatic carbocycles. The first-order chi connectivity index (χ1) is 6.32. The molecule has 0 amide bonds. The van der Waals surface area contributed by atoms with Gasteiger partial charge < -0.3 is 0 Å². The second-order valence-corrected chi connectivity index (χ2v) is 6.68. The van der Waals surface area contributed by atoms with E-state index in [0.717, 1.165) is 12.1 Å². The van der Waals surface area contributed by atoms with Crippen LogP contribution in [0.3, 0.4) is 0 Å². The molecule has 0 aliphatic carbocycles. The first-order valence-corrected chi connectivity index (χ1v) is 6.93. The Balaban J connectivity index is 3.34. The van der Waals surface area contributed by atoms with E-state index in [0.29, 0.717) is 0 Å². The van der Waals surface area contributed by atoms with Gasteiger partial charge in [0.25, 0.3) is 9.05 Å². The third kappa shape index (κ3) is 2.68. The Hall–Kier alpha value is -0.130. The van der Waals surface area contributed by atoms with Crippen LogP contribution in [-0.4, -0.2) is 8.42 Å².